The SMILES string of the molecule is O=C1NCC2(CC2)N1c1ccccc1O. The molecule has 1 spiro atoms. The van der Waals surface area contributed by atoms with Gasteiger partial charge in [0, 0.05) is 6.54 Å². The third kappa shape index (κ3) is 1.11. The molecule has 15 heavy (non-hydrogen) atoms. The Kier molecular flexibility index (Phi) is 1.52. The number of para-hydroxylation sites is 2. The second-order valence-electron chi connectivity index (χ2n) is 4.21. The van der Waals surface area contributed by atoms with E-state index in [0.717, 1.165) is 12.8 Å². The molecule has 1 heterocycles. The molecule has 1 aliphatic carbocycles. The number of phenols is 1. The zero-order valence-electron chi connectivity index (χ0n) is 8.23. The van der Waals surface area contributed by atoms with Crippen molar-refractivity contribution in [3.63, 3.8) is 0 Å². The lowest BCUT2D eigenvalue weighted by molar-refractivity contribution is 0.251. The van der Waals surface area contributed by atoms with Gasteiger partial charge < -0.3 is 10.4 Å². The summed E-state index contributed by atoms with van der Waals surface area (Å²) in [6.07, 6.45) is 2.03. The summed E-state index contributed by atoms with van der Waals surface area (Å²) in [7, 11) is 0. The van der Waals surface area contributed by atoms with Crippen LogP contribution < -0.4 is 10.2 Å². The fraction of sp³-hybridized carbons (Fsp3) is 0.364. The molecule has 0 radical (unpaired) electrons. The van der Waals surface area contributed by atoms with Crippen molar-refractivity contribution in [3.8, 4) is 5.75 Å². The molecule has 4 heteroatoms. The van der Waals surface area contributed by atoms with Gasteiger partial charge in [-0.05, 0) is 25.0 Å². The third-order valence-electron chi connectivity index (χ3n) is 3.20. The van der Waals surface area contributed by atoms with Gasteiger partial charge in [-0.15, -0.1) is 0 Å². The number of aromatic hydroxyl groups is 1. The van der Waals surface area contributed by atoms with Crippen molar-refractivity contribution in [1.29, 1.82) is 0 Å². The molecular weight excluding hydrogens is 192 g/mol. The van der Waals surface area contributed by atoms with E-state index < -0.39 is 0 Å². The maximum atomic E-state index is 11.7. The van der Waals surface area contributed by atoms with E-state index in [0.29, 0.717) is 12.2 Å². The van der Waals surface area contributed by atoms with Crippen LogP contribution in [0.3, 0.4) is 0 Å². The lowest BCUT2D eigenvalue weighted by Crippen LogP contribution is -2.35. The maximum absolute atomic E-state index is 11.7. The monoisotopic (exact) mass is 204 g/mol. The molecule has 2 N–H and O–H groups in total. The summed E-state index contributed by atoms with van der Waals surface area (Å²) in [6.45, 7) is 0.695. The Morgan fingerprint density at radius 2 is 2.07 bits per heavy atom. The Balaban J connectivity index is 2.06. The highest BCUT2D eigenvalue weighted by molar-refractivity contribution is 5.98. The van der Waals surface area contributed by atoms with Gasteiger partial charge in [0.05, 0.1) is 11.2 Å². The van der Waals surface area contributed by atoms with E-state index in [1.807, 2.05) is 6.07 Å². The summed E-state index contributed by atoms with van der Waals surface area (Å²) in [6, 6.07) is 6.87. The average Bonchev–Trinajstić information content (AvgIpc) is 2.92. The summed E-state index contributed by atoms with van der Waals surface area (Å²) in [4.78, 5) is 13.4. The normalized spacial score (nSPS) is 21.9. The van der Waals surface area contributed by atoms with Gasteiger partial charge in [0.25, 0.3) is 0 Å². The fourth-order valence-corrected chi connectivity index (χ4v) is 2.18. The van der Waals surface area contributed by atoms with Gasteiger partial charge in [-0.3, -0.25) is 4.90 Å². The number of hydrogen-bond acceptors (Lipinski definition) is 2. The van der Waals surface area contributed by atoms with Gasteiger partial charge in [0.2, 0.25) is 0 Å². The molecule has 1 saturated carbocycles. The van der Waals surface area contributed by atoms with E-state index in [-0.39, 0.29) is 17.3 Å². The summed E-state index contributed by atoms with van der Waals surface area (Å²) < 4.78 is 0. The molecular formula is C11H12N2O2. The first-order valence-corrected chi connectivity index (χ1v) is 5.09. The number of urea groups is 1. The van der Waals surface area contributed by atoms with Crippen LogP contribution in [0.1, 0.15) is 12.8 Å². The second-order valence-corrected chi connectivity index (χ2v) is 4.21. The van der Waals surface area contributed by atoms with Crippen molar-refractivity contribution in [2.75, 3.05) is 11.4 Å². The van der Waals surface area contributed by atoms with E-state index >= 15 is 0 Å². The highest BCUT2D eigenvalue weighted by atomic mass is 16.3. The number of benzene rings is 1. The topological polar surface area (TPSA) is 52.6 Å². The lowest BCUT2D eigenvalue weighted by Gasteiger charge is -2.23. The largest absolute Gasteiger partial charge is 0.506 e. The molecule has 3 rings (SSSR count). The number of anilines is 1. The van der Waals surface area contributed by atoms with Gasteiger partial charge in [0.15, 0.2) is 0 Å². The number of nitrogens with zero attached hydrogens (tertiary/aromatic N) is 1. The Morgan fingerprint density at radius 3 is 2.73 bits per heavy atom. The Hall–Kier alpha value is -1.71. The summed E-state index contributed by atoms with van der Waals surface area (Å²) >= 11 is 0. The highest BCUT2D eigenvalue weighted by Crippen LogP contribution is 2.48. The van der Waals surface area contributed by atoms with Crippen molar-refractivity contribution >= 4 is 11.7 Å². The molecule has 2 amide bonds. The van der Waals surface area contributed by atoms with Gasteiger partial charge in [-0.2, -0.15) is 0 Å². The van der Waals surface area contributed by atoms with Crippen molar-refractivity contribution in [1.82, 2.24) is 5.32 Å². The van der Waals surface area contributed by atoms with Crippen LogP contribution in [0.25, 0.3) is 0 Å². The number of carbonyl (C=O) groups is 1. The number of amides is 2. The first kappa shape index (κ1) is 8.59. The van der Waals surface area contributed by atoms with E-state index in [9.17, 15) is 9.90 Å². The van der Waals surface area contributed by atoms with Crippen LogP contribution in [0.15, 0.2) is 24.3 Å². The average molecular weight is 204 g/mol. The van der Waals surface area contributed by atoms with Crippen LogP contribution in [-0.4, -0.2) is 23.2 Å². The first-order chi connectivity index (χ1) is 7.23. The summed E-state index contributed by atoms with van der Waals surface area (Å²) in [5, 5.41) is 12.6. The predicted molar refractivity (Wildman–Crippen MR) is 55.9 cm³/mol. The summed E-state index contributed by atoms with van der Waals surface area (Å²) in [5.74, 6) is 0.167. The molecule has 78 valence electrons. The zero-order valence-corrected chi connectivity index (χ0v) is 8.23. The van der Waals surface area contributed by atoms with Crippen LogP contribution in [0.4, 0.5) is 10.5 Å². The number of carbonyl (C=O) groups excluding carboxylic acids is 1. The predicted octanol–water partition coefficient (Wildman–Crippen LogP) is 1.45. The highest BCUT2D eigenvalue weighted by Gasteiger charge is 2.55. The molecule has 1 aromatic rings. The summed E-state index contributed by atoms with van der Waals surface area (Å²) in [5.41, 5.74) is 0.556. The van der Waals surface area contributed by atoms with Crippen LogP contribution in [0.5, 0.6) is 5.75 Å². The van der Waals surface area contributed by atoms with Crippen LogP contribution in [0, 0.1) is 0 Å². The van der Waals surface area contributed by atoms with E-state index in [1.54, 1.807) is 23.1 Å². The molecule has 0 bridgehead atoms. The van der Waals surface area contributed by atoms with E-state index in [1.165, 1.54) is 0 Å². The van der Waals surface area contributed by atoms with Gasteiger partial charge in [-0.1, -0.05) is 12.1 Å². The van der Waals surface area contributed by atoms with Crippen LogP contribution in [0.2, 0.25) is 0 Å². The molecule has 0 atom stereocenters. The maximum Gasteiger partial charge on any atom is 0.322 e. The van der Waals surface area contributed by atoms with Crippen molar-refractivity contribution in [3.05, 3.63) is 24.3 Å². The minimum Gasteiger partial charge on any atom is -0.506 e. The number of rotatable bonds is 1. The minimum atomic E-state index is -0.103. The quantitative estimate of drug-likeness (QED) is 0.727. The number of phenolic OH excluding ortho intramolecular Hbond substituents is 1. The molecule has 0 aromatic heterocycles. The number of nitrogens with one attached hydrogen (secondary N) is 1. The molecule has 1 saturated heterocycles. The van der Waals surface area contributed by atoms with Crippen LogP contribution in [-0.2, 0) is 0 Å². The molecule has 2 fully saturated rings. The molecule has 1 aliphatic heterocycles. The standard InChI is InChI=1S/C11H12N2O2/c14-9-4-2-1-3-8(9)13-10(15)12-7-11(13)5-6-11/h1-4,14H,5-7H2,(H,12,15). The van der Waals surface area contributed by atoms with Crippen molar-refractivity contribution in [2.45, 2.75) is 18.4 Å². The molecule has 1 aromatic carbocycles. The first-order valence-electron chi connectivity index (χ1n) is 5.09. The van der Waals surface area contributed by atoms with Crippen molar-refractivity contribution in [2.24, 2.45) is 0 Å². The number of hydrogen-bond donors (Lipinski definition) is 2. The Labute approximate surface area is 87.5 Å². The molecule has 0 unspecified atom stereocenters. The van der Waals surface area contributed by atoms with Crippen molar-refractivity contribution < 1.29 is 9.90 Å². The Bertz CT molecular complexity index is 426. The fourth-order valence-electron chi connectivity index (χ4n) is 2.18. The third-order valence-corrected chi connectivity index (χ3v) is 3.20. The molecule has 2 aliphatic rings. The van der Waals surface area contributed by atoms with E-state index in [4.69, 9.17) is 0 Å². The van der Waals surface area contributed by atoms with Gasteiger partial charge in [-0.25, -0.2) is 4.79 Å². The zero-order chi connectivity index (χ0) is 10.5. The van der Waals surface area contributed by atoms with Gasteiger partial charge >= 0.3 is 6.03 Å². The lowest BCUT2D eigenvalue weighted by atomic mass is 10.2. The van der Waals surface area contributed by atoms with E-state index in [2.05, 4.69) is 5.32 Å². The van der Waals surface area contributed by atoms with Gasteiger partial charge in [0.1, 0.15) is 5.75 Å². The molecule has 4 nitrogen and oxygen atoms in total. The smallest absolute Gasteiger partial charge is 0.322 e. The minimum absolute atomic E-state index is 0.0596. The Morgan fingerprint density at radius 1 is 1.33 bits per heavy atom. The van der Waals surface area contributed by atoms with Crippen LogP contribution >= 0.6 is 0 Å². The second kappa shape index (κ2) is 2.66.